The Kier molecular flexibility index (Phi) is 4.71. The number of nitrogens with zero attached hydrogens (tertiary/aromatic N) is 1. The van der Waals surface area contributed by atoms with Crippen molar-refractivity contribution in [2.45, 2.75) is 25.1 Å². The molecule has 1 heterocycles. The molecule has 19 heavy (non-hydrogen) atoms. The average molecular weight is 339 g/mol. The number of carbonyl (C=O) groups excluding carboxylic acids is 1. The second kappa shape index (κ2) is 6.30. The van der Waals surface area contributed by atoms with Crippen LogP contribution in [0.5, 0.6) is 0 Å². The number of benzene rings is 1. The van der Waals surface area contributed by atoms with Crippen LogP contribution in [0.3, 0.4) is 0 Å². The second-order valence-electron chi connectivity index (χ2n) is 4.19. The minimum Gasteiger partial charge on any atom is -0.301 e. The van der Waals surface area contributed by atoms with Crippen molar-refractivity contribution in [3.8, 4) is 11.3 Å². The summed E-state index contributed by atoms with van der Waals surface area (Å²) in [5, 5.41) is 5.36. The van der Waals surface area contributed by atoms with Crippen LogP contribution in [0.15, 0.2) is 29.6 Å². The van der Waals surface area contributed by atoms with Crippen LogP contribution in [0, 0.1) is 0 Å². The number of aryl methyl sites for hydroxylation is 1. The van der Waals surface area contributed by atoms with E-state index < -0.39 is 0 Å². The van der Waals surface area contributed by atoms with E-state index in [0.717, 1.165) is 17.7 Å². The van der Waals surface area contributed by atoms with E-state index in [1.54, 1.807) is 6.92 Å². The Morgan fingerprint density at radius 1 is 1.42 bits per heavy atom. The molecule has 0 saturated carbocycles. The molecule has 0 radical (unpaired) electrons. The number of halogens is 1. The Morgan fingerprint density at radius 3 is 2.68 bits per heavy atom. The second-order valence-corrected chi connectivity index (χ2v) is 6.43. The molecule has 1 N–H and O–H groups in total. The van der Waals surface area contributed by atoms with Gasteiger partial charge in [0.1, 0.15) is 0 Å². The molecule has 0 aliphatic heterocycles. The summed E-state index contributed by atoms with van der Waals surface area (Å²) < 4.78 is 0. The highest BCUT2D eigenvalue weighted by atomic mass is 79.9. The lowest BCUT2D eigenvalue weighted by molar-refractivity contribution is -0.115. The van der Waals surface area contributed by atoms with E-state index in [4.69, 9.17) is 0 Å². The minimum atomic E-state index is -0.219. The fourth-order valence-electron chi connectivity index (χ4n) is 1.58. The quantitative estimate of drug-likeness (QED) is 0.853. The zero-order valence-electron chi connectivity index (χ0n) is 10.8. The minimum absolute atomic E-state index is 0.0813. The van der Waals surface area contributed by atoms with Crippen LogP contribution in [0.25, 0.3) is 11.3 Å². The summed E-state index contributed by atoms with van der Waals surface area (Å²) in [6.45, 7) is 3.92. The van der Waals surface area contributed by atoms with Gasteiger partial charge in [0.25, 0.3) is 0 Å². The van der Waals surface area contributed by atoms with Crippen LogP contribution in [0.2, 0.25) is 0 Å². The molecule has 5 heteroatoms. The number of thiazole rings is 1. The average Bonchev–Trinajstić information content (AvgIpc) is 2.87. The van der Waals surface area contributed by atoms with E-state index in [1.165, 1.54) is 16.9 Å². The van der Waals surface area contributed by atoms with Gasteiger partial charge in [-0.2, -0.15) is 0 Å². The standard InChI is InChI=1S/C14H15BrN2OS/c1-3-10-4-6-11(7-5-10)12-8-19-14(16-12)17-13(18)9(2)15/h4-9H,3H2,1-2H3,(H,16,17,18). The number of alkyl halides is 1. The molecule has 100 valence electrons. The lowest BCUT2D eigenvalue weighted by atomic mass is 10.1. The van der Waals surface area contributed by atoms with Crippen molar-refractivity contribution in [3.63, 3.8) is 0 Å². The van der Waals surface area contributed by atoms with Crippen LogP contribution in [0.4, 0.5) is 5.13 Å². The summed E-state index contributed by atoms with van der Waals surface area (Å²) in [4.78, 5) is 15.8. The molecule has 1 atom stereocenters. The highest BCUT2D eigenvalue weighted by Gasteiger charge is 2.11. The number of carbonyl (C=O) groups is 1. The van der Waals surface area contributed by atoms with Crippen molar-refractivity contribution >= 4 is 38.3 Å². The normalized spacial score (nSPS) is 12.2. The van der Waals surface area contributed by atoms with Crippen molar-refractivity contribution in [3.05, 3.63) is 35.2 Å². The van der Waals surface area contributed by atoms with E-state index in [-0.39, 0.29) is 10.7 Å². The van der Waals surface area contributed by atoms with E-state index >= 15 is 0 Å². The van der Waals surface area contributed by atoms with E-state index in [2.05, 4.69) is 57.4 Å². The Bertz CT molecular complexity index is 563. The Morgan fingerprint density at radius 2 is 2.11 bits per heavy atom. The fourth-order valence-corrected chi connectivity index (χ4v) is 2.42. The summed E-state index contributed by atoms with van der Waals surface area (Å²) in [5.74, 6) is -0.0813. The maximum absolute atomic E-state index is 11.6. The van der Waals surface area contributed by atoms with Gasteiger partial charge < -0.3 is 5.32 Å². The molecule has 1 unspecified atom stereocenters. The van der Waals surface area contributed by atoms with Gasteiger partial charge in [-0.25, -0.2) is 4.98 Å². The first-order valence-corrected chi connectivity index (χ1v) is 7.89. The van der Waals surface area contributed by atoms with E-state index in [1.807, 2.05) is 5.38 Å². The summed E-state index contributed by atoms with van der Waals surface area (Å²) >= 11 is 4.67. The monoisotopic (exact) mass is 338 g/mol. The highest BCUT2D eigenvalue weighted by Crippen LogP contribution is 2.25. The number of nitrogens with one attached hydrogen (secondary N) is 1. The number of anilines is 1. The zero-order valence-corrected chi connectivity index (χ0v) is 13.2. The third kappa shape index (κ3) is 3.64. The van der Waals surface area contributed by atoms with Gasteiger partial charge in [0.15, 0.2) is 5.13 Å². The Hall–Kier alpha value is -1.20. The first-order valence-electron chi connectivity index (χ1n) is 6.10. The Labute approximate surface area is 125 Å². The molecule has 3 nitrogen and oxygen atoms in total. The lowest BCUT2D eigenvalue weighted by Crippen LogP contribution is -2.19. The van der Waals surface area contributed by atoms with Crippen LogP contribution >= 0.6 is 27.3 Å². The number of hydrogen-bond acceptors (Lipinski definition) is 3. The summed E-state index contributed by atoms with van der Waals surface area (Å²) in [6, 6.07) is 8.33. The van der Waals surface area contributed by atoms with Crippen molar-refractivity contribution in [1.82, 2.24) is 4.98 Å². The molecule has 0 spiro atoms. The fraction of sp³-hybridized carbons (Fsp3) is 0.286. The van der Waals surface area contributed by atoms with Gasteiger partial charge in [0.2, 0.25) is 5.91 Å². The van der Waals surface area contributed by atoms with Gasteiger partial charge in [-0.15, -0.1) is 11.3 Å². The largest absolute Gasteiger partial charge is 0.301 e. The third-order valence-electron chi connectivity index (χ3n) is 2.75. The predicted molar refractivity (Wildman–Crippen MR) is 83.9 cm³/mol. The number of rotatable bonds is 4. The Balaban J connectivity index is 2.13. The van der Waals surface area contributed by atoms with Crippen molar-refractivity contribution < 1.29 is 4.79 Å². The molecule has 0 aliphatic carbocycles. The van der Waals surface area contributed by atoms with Gasteiger partial charge in [-0.1, -0.05) is 47.1 Å². The van der Waals surface area contributed by atoms with Crippen molar-refractivity contribution in [2.24, 2.45) is 0 Å². The number of aromatic nitrogens is 1. The topological polar surface area (TPSA) is 42.0 Å². The predicted octanol–water partition coefficient (Wildman–Crippen LogP) is 4.09. The van der Waals surface area contributed by atoms with Crippen molar-refractivity contribution in [1.29, 1.82) is 0 Å². The molecular formula is C14H15BrN2OS. The molecule has 2 rings (SSSR count). The molecular weight excluding hydrogens is 324 g/mol. The molecule has 1 aromatic heterocycles. The number of amides is 1. The van der Waals surface area contributed by atoms with Gasteiger partial charge in [-0.3, -0.25) is 4.79 Å². The summed E-state index contributed by atoms with van der Waals surface area (Å²) in [5.41, 5.74) is 3.27. The lowest BCUT2D eigenvalue weighted by Gasteiger charge is -2.02. The van der Waals surface area contributed by atoms with E-state index in [9.17, 15) is 4.79 Å². The summed E-state index contributed by atoms with van der Waals surface area (Å²) in [6.07, 6.45) is 1.03. The maximum atomic E-state index is 11.6. The van der Waals surface area contributed by atoms with Gasteiger partial charge in [0.05, 0.1) is 10.5 Å². The van der Waals surface area contributed by atoms with Crippen LogP contribution < -0.4 is 5.32 Å². The highest BCUT2D eigenvalue weighted by molar-refractivity contribution is 9.10. The van der Waals surface area contributed by atoms with Crippen LogP contribution in [-0.4, -0.2) is 15.7 Å². The molecule has 2 aromatic rings. The molecule has 1 amide bonds. The smallest absolute Gasteiger partial charge is 0.239 e. The maximum Gasteiger partial charge on any atom is 0.239 e. The SMILES string of the molecule is CCc1ccc(-c2csc(NC(=O)C(C)Br)n2)cc1. The van der Waals surface area contributed by atoms with Crippen LogP contribution in [-0.2, 0) is 11.2 Å². The zero-order chi connectivity index (χ0) is 13.8. The van der Waals surface area contributed by atoms with Gasteiger partial charge in [-0.05, 0) is 18.9 Å². The molecule has 0 bridgehead atoms. The summed E-state index contributed by atoms with van der Waals surface area (Å²) in [7, 11) is 0. The first-order chi connectivity index (χ1) is 9.10. The molecule has 1 aromatic carbocycles. The van der Waals surface area contributed by atoms with E-state index in [0.29, 0.717) is 5.13 Å². The van der Waals surface area contributed by atoms with Crippen molar-refractivity contribution in [2.75, 3.05) is 5.32 Å². The molecule has 0 saturated heterocycles. The van der Waals surface area contributed by atoms with Gasteiger partial charge >= 0.3 is 0 Å². The van der Waals surface area contributed by atoms with Crippen LogP contribution in [0.1, 0.15) is 19.4 Å². The first kappa shape index (κ1) is 14.2. The molecule has 0 fully saturated rings. The third-order valence-corrected chi connectivity index (χ3v) is 3.93. The number of hydrogen-bond donors (Lipinski definition) is 1. The molecule has 0 aliphatic rings. The van der Waals surface area contributed by atoms with Gasteiger partial charge in [0, 0.05) is 10.9 Å².